The predicted molar refractivity (Wildman–Crippen MR) is 94.9 cm³/mol. The van der Waals surface area contributed by atoms with Crippen LogP contribution in [0.15, 0.2) is 30.0 Å². The van der Waals surface area contributed by atoms with Gasteiger partial charge in [-0.2, -0.15) is 5.26 Å². The second-order valence-corrected chi connectivity index (χ2v) is 4.80. The number of amides is 2. The van der Waals surface area contributed by atoms with E-state index in [0.29, 0.717) is 23.7 Å². The maximum Gasteiger partial charge on any atom is 0.407 e. The highest BCUT2D eigenvalue weighted by atomic mass is 16.5. The molecule has 0 aliphatic rings. The third-order valence-corrected chi connectivity index (χ3v) is 3.07. The quantitative estimate of drug-likeness (QED) is 0.345. The first-order chi connectivity index (χ1) is 12.5. The van der Waals surface area contributed by atoms with Crippen molar-refractivity contribution in [2.45, 2.75) is 6.92 Å². The van der Waals surface area contributed by atoms with E-state index in [9.17, 15) is 9.59 Å². The Morgan fingerprint density at radius 3 is 2.54 bits per heavy atom. The van der Waals surface area contributed by atoms with Gasteiger partial charge in [0.2, 0.25) is 0 Å². The van der Waals surface area contributed by atoms with Crippen molar-refractivity contribution in [1.82, 2.24) is 10.6 Å². The molecule has 1 aromatic rings. The largest absolute Gasteiger partial charge is 0.493 e. The minimum Gasteiger partial charge on any atom is -0.493 e. The molecule has 0 fully saturated rings. The van der Waals surface area contributed by atoms with Crippen molar-refractivity contribution in [2.24, 2.45) is 0 Å². The van der Waals surface area contributed by atoms with Gasteiger partial charge in [0.15, 0.2) is 11.5 Å². The van der Waals surface area contributed by atoms with Crippen LogP contribution in [0, 0.1) is 11.3 Å². The third-order valence-electron chi connectivity index (χ3n) is 3.07. The standard InChI is InChI=1S/C17H22N4O5/c1-4-26-17(23)20-8-7-19-11-12(10-18)16(22)21-13-5-6-14(24-2)15(9-13)25-3/h5-6,9,11,19H,4,7-8H2,1-3H3,(H,20,23)(H,21,22)/b12-11-. The molecule has 0 unspecified atom stereocenters. The van der Waals surface area contributed by atoms with Crippen molar-refractivity contribution in [3.63, 3.8) is 0 Å². The summed E-state index contributed by atoms with van der Waals surface area (Å²) in [6.45, 7) is 2.60. The molecule has 0 heterocycles. The molecule has 0 aliphatic carbocycles. The second-order valence-electron chi connectivity index (χ2n) is 4.80. The van der Waals surface area contributed by atoms with Crippen LogP contribution in [0.4, 0.5) is 10.5 Å². The van der Waals surface area contributed by atoms with Crippen molar-refractivity contribution >= 4 is 17.7 Å². The summed E-state index contributed by atoms with van der Waals surface area (Å²) in [7, 11) is 2.99. The number of nitriles is 1. The van der Waals surface area contributed by atoms with Gasteiger partial charge >= 0.3 is 6.09 Å². The van der Waals surface area contributed by atoms with E-state index in [4.69, 9.17) is 19.5 Å². The lowest BCUT2D eigenvalue weighted by atomic mass is 10.2. The van der Waals surface area contributed by atoms with Crippen LogP contribution >= 0.6 is 0 Å². The van der Waals surface area contributed by atoms with Crippen LogP contribution in [0.2, 0.25) is 0 Å². The van der Waals surface area contributed by atoms with Crippen LogP contribution in [0.1, 0.15) is 6.92 Å². The summed E-state index contributed by atoms with van der Waals surface area (Å²) in [5.41, 5.74) is 0.341. The topological polar surface area (TPSA) is 122 Å². The van der Waals surface area contributed by atoms with E-state index in [-0.39, 0.29) is 18.7 Å². The molecule has 0 atom stereocenters. The van der Waals surface area contributed by atoms with Gasteiger partial charge in [-0.05, 0) is 19.1 Å². The Bertz CT molecular complexity index is 697. The number of carbonyl (C=O) groups excluding carboxylic acids is 2. The summed E-state index contributed by atoms with van der Waals surface area (Å²) in [6, 6.07) is 6.67. The Morgan fingerprint density at radius 2 is 1.92 bits per heavy atom. The average molecular weight is 362 g/mol. The van der Waals surface area contributed by atoms with Gasteiger partial charge < -0.3 is 30.2 Å². The lowest BCUT2D eigenvalue weighted by Crippen LogP contribution is -2.31. The Kier molecular flexibility index (Phi) is 8.89. The molecule has 1 rings (SSSR count). The molecular formula is C17H22N4O5. The van der Waals surface area contributed by atoms with Crippen molar-refractivity contribution in [3.8, 4) is 17.6 Å². The molecule has 0 aliphatic heterocycles. The maximum absolute atomic E-state index is 12.2. The molecule has 140 valence electrons. The molecule has 0 saturated heterocycles. The molecule has 0 saturated carbocycles. The summed E-state index contributed by atoms with van der Waals surface area (Å²) in [5.74, 6) is 0.402. The number of ether oxygens (including phenoxy) is 3. The number of hydrogen-bond donors (Lipinski definition) is 3. The number of nitrogens with one attached hydrogen (secondary N) is 3. The van der Waals surface area contributed by atoms with E-state index in [1.165, 1.54) is 20.4 Å². The van der Waals surface area contributed by atoms with Crippen LogP contribution < -0.4 is 25.4 Å². The van der Waals surface area contributed by atoms with E-state index < -0.39 is 12.0 Å². The number of anilines is 1. The van der Waals surface area contributed by atoms with E-state index in [0.717, 1.165) is 0 Å². The number of hydrogen-bond acceptors (Lipinski definition) is 7. The highest BCUT2D eigenvalue weighted by molar-refractivity contribution is 6.06. The molecular weight excluding hydrogens is 340 g/mol. The van der Waals surface area contributed by atoms with Crippen LogP contribution in [0.5, 0.6) is 11.5 Å². The van der Waals surface area contributed by atoms with E-state index in [2.05, 4.69) is 16.0 Å². The number of alkyl carbamates (subject to hydrolysis) is 1. The smallest absolute Gasteiger partial charge is 0.407 e. The lowest BCUT2D eigenvalue weighted by molar-refractivity contribution is -0.112. The SMILES string of the molecule is CCOC(=O)NCCN/C=C(/C#N)C(=O)Nc1ccc(OC)c(OC)c1. The van der Waals surface area contributed by atoms with Gasteiger partial charge in [-0.15, -0.1) is 0 Å². The van der Waals surface area contributed by atoms with Crippen molar-refractivity contribution in [2.75, 3.05) is 39.2 Å². The fourth-order valence-corrected chi connectivity index (χ4v) is 1.85. The van der Waals surface area contributed by atoms with E-state index in [1.54, 1.807) is 25.1 Å². The van der Waals surface area contributed by atoms with Crippen LogP contribution in [-0.4, -0.2) is 45.9 Å². The van der Waals surface area contributed by atoms with Gasteiger partial charge in [0.1, 0.15) is 11.6 Å². The Balaban J connectivity index is 2.58. The first kappa shape index (κ1) is 20.6. The monoisotopic (exact) mass is 362 g/mol. The summed E-state index contributed by atoms with van der Waals surface area (Å²) < 4.78 is 15.0. The molecule has 1 aromatic carbocycles. The van der Waals surface area contributed by atoms with Gasteiger partial charge in [0, 0.05) is 31.0 Å². The van der Waals surface area contributed by atoms with Gasteiger partial charge in [-0.3, -0.25) is 4.79 Å². The minimum atomic E-state index is -0.578. The zero-order valence-corrected chi connectivity index (χ0v) is 14.9. The second kappa shape index (κ2) is 11.2. The molecule has 3 N–H and O–H groups in total. The van der Waals surface area contributed by atoms with Gasteiger partial charge in [0.25, 0.3) is 5.91 Å². The molecule has 0 spiro atoms. The summed E-state index contributed by atoms with van der Waals surface area (Å²) in [5, 5.41) is 17.0. The number of rotatable bonds is 9. The first-order valence-electron chi connectivity index (χ1n) is 7.83. The number of benzene rings is 1. The fourth-order valence-electron chi connectivity index (χ4n) is 1.85. The molecule has 9 nitrogen and oxygen atoms in total. The molecule has 2 amide bonds. The van der Waals surface area contributed by atoms with Crippen LogP contribution in [0.25, 0.3) is 0 Å². The van der Waals surface area contributed by atoms with E-state index in [1.807, 2.05) is 6.07 Å². The molecule has 26 heavy (non-hydrogen) atoms. The highest BCUT2D eigenvalue weighted by Crippen LogP contribution is 2.29. The van der Waals surface area contributed by atoms with E-state index >= 15 is 0 Å². The Hall–Kier alpha value is -3.41. The molecule has 0 bridgehead atoms. The average Bonchev–Trinajstić information content (AvgIpc) is 2.64. The summed E-state index contributed by atoms with van der Waals surface area (Å²) >= 11 is 0. The normalized spacial score (nSPS) is 10.3. The Labute approximate surface area is 151 Å². The van der Waals surface area contributed by atoms with Gasteiger partial charge in [-0.1, -0.05) is 0 Å². The van der Waals surface area contributed by atoms with Crippen molar-refractivity contribution < 1.29 is 23.8 Å². The van der Waals surface area contributed by atoms with Crippen molar-refractivity contribution in [1.29, 1.82) is 5.26 Å². The third kappa shape index (κ3) is 6.60. The highest BCUT2D eigenvalue weighted by Gasteiger charge is 2.11. The Morgan fingerprint density at radius 1 is 1.19 bits per heavy atom. The number of nitrogens with zero attached hydrogens (tertiary/aromatic N) is 1. The lowest BCUT2D eigenvalue weighted by Gasteiger charge is -2.10. The van der Waals surface area contributed by atoms with Gasteiger partial charge in [0.05, 0.1) is 20.8 Å². The summed E-state index contributed by atoms with van der Waals surface area (Å²) in [6.07, 6.45) is 0.758. The maximum atomic E-state index is 12.2. The zero-order chi connectivity index (χ0) is 19.4. The number of carbonyl (C=O) groups is 2. The van der Waals surface area contributed by atoms with Crippen LogP contribution in [0.3, 0.4) is 0 Å². The zero-order valence-electron chi connectivity index (χ0n) is 14.9. The number of methoxy groups -OCH3 is 2. The molecule has 0 radical (unpaired) electrons. The van der Waals surface area contributed by atoms with Crippen LogP contribution in [-0.2, 0) is 9.53 Å². The minimum absolute atomic E-state index is 0.115. The molecule has 0 aromatic heterocycles. The van der Waals surface area contributed by atoms with Crippen molar-refractivity contribution in [3.05, 3.63) is 30.0 Å². The first-order valence-corrected chi connectivity index (χ1v) is 7.83. The van der Waals surface area contributed by atoms with Gasteiger partial charge in [-0.25, -0.2) is 4.79 Å². The summed E-state index contributed by atoms with van der Waals surface area (Å²) in [4.78, 5) is 23.2. The predicted octanol–water partition coefficient (Wildman–Crippen LogP) is 1.39. The fraction of sp³-hybridized carbons (Fsp3) is 0.353. The molecule has 9 heteroatoms.